The van der Waals surface area contributed by atoms with Crippen molar-refractivity contribution in [3.8, 4) is 0 Å². The Balaban J connectivity index is 1.40. The zero-order chi connectivity index (χ0) is 24.0. The standard InChI is InChI=1S/C24H26ClN7O2/c1-13-4-9-18(10-14(13)2)31-21-19(12-26-31)23(34)29-24(28-21)32-20(11-15(3)30-32)27-22(33)16-5-7-17(25)8-6-16/h4-11,19,21,24,26,28H,12H2,1-3H3,(H,27,33)(H,29,34). The van der Waals surface area contributed by atoms with Crippen molar-refractivity contribution in [2.75, 3.05) is 16.9 Å². The molecule has 2 aromatic carbocycles. The third kappa shape index (κ3) is 4.13. The number of benzene rings is 2. The van der Waals surface area contributed by atoms with Crippen LogP contribution in [-0.2, 0) is 4.79 Å². The van der Waals surface area contributed by atoms with Crippen LogP contribution in [0.1, 0.15) is 33.5 Å². The van der Waals surface area contributed by atoms with Gasteiger partial charge in [-0.2, -0.15) is 5.10 Å². The fourth-order valence-electron chi connectivity index (χ4n) is 4.31. The maximum Gasteiger partial charge on any atom is 0.256 e. The Morgan fingerprint density at radius 2 is 1.85 bits per heavy atom. The number of halogens is 1. The van der Waals surface area contributed by atoms with Gasteiger partial charge in [-0.15, -0.1) is 0 Å². The minimum Gasteiger partial charge on any atom is -0.321 e. The zero-order valence-corrected chi connectivity index (χ0v) is 19.8. The number of hydrazine groups is 1. The molecule has 3 unspecified atom stereocenters. The van der Waals surface area contributed by atoms with Gasteiger partial charge in [0, 0.05) is 23.2 Å². The SMILES string of the molecule is Cc1cc(NC(=O)c2ccc(Cl)cc2)n(C2NC(=O)C3CNN(c4ccc(C)c(C)c4)C3N2)n1. The van der Waals surface area contributed by atoms with Gasteiger partial charge in [-0.3, -0.25) is 19.9 Å². The van der Waals surface area contributed by atoms with Crippen molar-refractivity contribution in [1.29, 1.82) is 0 Å². The Kier molecular flexibility index (Phi) is 5.76. The minimum absolute atomic E-state index is 0.0873. The highest BCUT2D eigenvalue weighted by atomic mass is 35.5. The number of aryl methyl sites for hydroxylation is 3. The second kappa shape index (κ2) is 8.75. The second-order valence-electron chi connectivity index (χ2n) is 8.71. The van der Waals surface area contributed by atoms with Crippen LogP contribution in [0.3, 0.4) is 0 Å². The topological polar surface area (TPSA) is 103 Å². The number of hydrogen-bond acceptors (Lipinski definition) is 6. The number of carbonyl (C=O) groups is 2. The summed E-state index contributed by atoms with van der Waals surface area (Å²) >= 11 is 5.93. The van der Waals surface area contributed by atoms with Crippen molar-refractivity contribution in [2.24, 2.45) is 5.92 Å². The van der Waals surface area contributed by atoms with Gasteiger partial charge in [-0.1, -0.05) is 17.7 Å². The number of nitrogens with zero attached hydrogens (tertiary/aromatic N) is 3. The minimum atomic E-state index is -0.642. The number of rotatable bonds is 4. The van der Waals surface area contributed by atoms with E-state index >= 15 is 0 Å². The van der Waals surface area contributed by atoms with E-state index in [1.165, 1.54) is 11.1 Å². The molecule has 1 aromatic heterocycles. The molecule has 10 heteroatoms. The largest absolute Gasteiger partial charge is 0.321 e. The third-order valence-corrected chi connectivity index (χ3v) is 6.56. The van der Waals surface area contributed by atoms with Gasteiger partial charge < -0.3 is 10.6 Å². The summed E-state index contributed by atoms with van der Waals surface area (Å²) in [6, 6.07) is 14.6. The average Bonchev–Trinajstić information content (AvgIpc) is 3.39. The van der Waals surface area contributed by atoms with Gasteiger partial charge in [0.25, 0.3) is 5.91 Å². The summed E-state index contributed by atoms with van der Waals surface area (Å²) in [6.45, 7) is 6.49. The lowest BCUT2D eigenvalue weighted by Gasteiger charge is -2.37. The first-order chi connectivity index (χ1) is 16.3. The van der Waals surface area contributed by atoms with Crippen LogP contribution in [0.25, 0.3) is 0 Å². The predicted octanol–water partition coefficient (Wildman–Crippen LogP) is 2.86. The summed E-state index contributed by atoms with van der Waals surface area (Å²) in [5.41, 5.74) is 7.88. The van der Waals surface area contributed by atoms with E-state index < -0.39 is 6.29 Å². The third-order valence-electron chi connectivity index (χ3n) is 6.30. The van der Waals surface area contributed by atoms with E-state index in [4.69, 9.17) is 11.6 Å². The molecule has 4 N–H and O–H groups in total. The van der Waals surface area contributed by atoms with Gasteiger partial charge in [0.1, 0.15) is 12.0 Å². The van der Waals surface area contributed by atoms with Gasteiger partial charge >= 0.3 is 0 Å². The fraction of sp³-hybridized carbons (Fsp3) is 0.292. The molecule has 2 aliphatic rings. The van der Waals surface area contributed by atoms with Gasteiger partial charge in [0.2, 0.25) is 5.91 Å². The van der Waals surface area contributed by atoms with Crippen LogP contribution in [0.15, 0.2) is 48.5 Å². The van der Waals surface area contributed by atoms with E-state index in [2.05, 4.69) is 52.5 Å². The first kappa shape index (κ1) is 22.4. The maximum atomic E-state index is 13.0. The van der Waals surface area contributed by atoms with Crippen LogP contribution >= 0.6 is 11.6 Å². The summed E-state index contributed by atoms with van der Waals surface area (Å²) < 4.78 is 1.59. The Bertz CT molecular complexity index is 1260. The van der Waals surface area contributed by atoms with Crippen molar-refractivity contribution >= 4 is 34.9 Å². The molecule has 2 saturated heterocycles. The molecule has 3 heterocycles. The summed E-state index contributed by atoms with van der Waals surface area (Å²) in [5, 5.41) is 16.4. The number of hydrogen-bond donors (Lipinski definition) is 4. The smallest absolute Gasteiger partial charge is 0.256 e. The molecule has 34 heavy (non-hydrogen) atoms. The van der Waals surface area contributed by atoms with Crippen molar-refractivity contribution in [2.45, 2.75) is 33.2 Å². The molecule has 2 aliphatic heterocycles. The van der Waals surface area contributed by atoms with Gasteiger partial charge in [-0.25, -0.2) is 10.1 Å². The fourth-order valence-corrected chi connectivity index (χ4v) is 4.44. The molecule has 0 radical (unpaired) electrons. The average molecular weight is 480 g/mol. The lowest BCUT2D eigenvalue weighted by molar-refractivity contribution is -0.129. The van der Waals surface area contributed by atoms with E-state index in [9.17, 15) is 9.59 Å². The Labute approximate surface area is 202 Å². The second-order valence-corrected chi connectivity index (χ2v) is 9.14. The number of amides is 2. The molecule has 0 saturated carbocycles. The molecule has 0 bridgehead atoms. The lowest BCUT2D eigenvalue weighted by atomic mass is 10.0. The van der Waals surface area contributed by atoms with Crippen LogP contribution < -0.4 is 26.4 Å². The first-order valence-electron chi connectivity index (χ1n) is 11.1. The molecule has 3 aromatic rings. The van der Waals surface area contributed by atoms with Gasteiger partial charge in [0.05, 0.1) is 17.3 Å². The maximum absolute atomic E-state index is 13.0. The first-order valence-corrected chi connectivity index (χ1v) is 11.5. The van der Waals surface area contributed by atoms with E-state index in [-0.39, 0.29) is 23.9 Å². The Morgan fingerprint density at radius 1 is 1.09 bits per heavy atom. The van der Waals surface area contributed by atoms with Crippen LogP contribution in [0.5, 0.6) is 0 Å². The predicted molar refractivity (Wildman–Crippen MR) is 130 cm³/mol. The Morgan fingerprint density at radius 3 is 2.59 bits per heavy atom. The molecule has 3 atom stereocenters. The van der Waals surface area contributed by atoms with Crippen molar-refractivity contribution in [1.82, 2.24) is 25.8 Å². The van der Waals surface area contributed by atoms with E-state index in [0.29, 0.717) is 28.6 Å². The van der Waals surface area contributed by atoms with Crippen molar-refractivity contribution in [3.63, 3.8) is 0 Å². The van der Waals surface area contributed by atoms with Crippen LogP contribution in [-0.4, -0.2) is 34.3 Å². The van der Waals surface area contributed by atoms with Crippen molar-refractivity contribution in [3.05, 3.63) is 75.9 Å². The molecular formula is C24H26ClN7O2. The van der Waals surface area contributed by atoms with Crippen LogP contribution in [0, 0.1) is 26.7 Å². The quantitative estimate of drug-likeness (QED) is 0.459. The summed E-state index contributed by atoms with van der Waals surface area (Å²) in [5.74, 6) is -0.188. The highest BCUT2D eigenvalue weighted by molar-refractivity contribution is 6.30. The summed E-state index contributed by atoms with van der Waals surface area (Å²) in [4.78, 5) is 25.8. The molecule has 2 amide bonds. The van der Waals surface area contributed by atoms with Gasteiger partial charge in [-0.05, 0) is 68.3 Å². The zero-order valence-electron chi connectivity index (χ0n) is 19.1. The number of fused-ring (bicyclic) bond motifs is 1. The van der Waals surface area contributed by atoms with Gasteiger partial charge in [0.15, 0.2) is 6.29 Å². The normalized spacial score (nSPS) is 21.8. The van der Waals surface area contributed by atoms with E-state index in [1.807, 2.05) is 18.0 Å². The number of carbonyl (C=O) groups excluding carboxylic acids is 2. The van der Waals surface area contributed by atoms with Crippen LogP contribution in [0.2, 0.25) is 5.02 Å². The molecule has 2 fully saturated rings. The number of anilines is 2. The van der Waals surface area contributed by atoms with Crippen molar-refractivity contribution < 1.29 is 9.59 Å². The summed E-state index contributed by atoms with van der Waals surface area (Å²) in [7, 11) is 0. The summed E-state index contributed by atoms with van der Waals surface area (Å²) in [6.07, 6.45) is -0.929. The number of nitrogens with one attached hydrogen (secondary N) is 4. The monoisotopic (exact) mass is 479 g/mol. The van der Waals surface area contributed by atoms with Crippen LogP contribution in [0.4, 0.5) is 11.5 Å². The molecular weight excluding hydrogens is 454 g/mol. The Hall–Kier alpha value is -3.40. The molecule has 176 valence electrons. The van der Waals surface area contributed by atoms with E-state index in [0.717, 1.165) is 5.69 Å². The molecule has 5 rings (SSSR count). The lowest BCUT2D eigenvalue weighted by Crippen LogP contribution is -2.61. The molecule has 9 nitrogen and oxygen atoms in total. The van der Waals surface area contributed by atoms with E-state index in [1.54, 1.807) is 35.0 Å². The number of aromatic nitrogens is 2. The molecule has 0 spiro atoms. The highest BCUT2D eigenvalue weighted by Crippen LogP contribution is 2.29. The highest BCUT2D eigenvalue weighted by Gasteiger charge is 2.45. The molecule has 0 aliphatic carbocycles.